The topological polar surface area (TPSA) is 144 Å². The number of nitro benzene ring substituents is 1. The Morgan fingerprint density at radius 1 is 1.00 bits per heavy atom. The number of carbonyl (C=O) groups is 1. The van der Waals surface area contributed by atoms with Crippen LogP contribution in [0.25, 0.3) is 6.08 Å². The van der Waals surface area contributed by atoms with Gasteiger partial charge in [0.1, 0.15) is 0 Å². The van der Waals surface area contributed by atoms with Crippen molar-refractivity contribution in [3.63, 3.8) is 0 Å². The Kier molecular flexibility index (Phi) is 6.59. The van der Waals surface area contributed by atoms with Gasteiger partial charge in [-0.2, -0.15) is 0 Å². The molecule has 11 heteroatoms. The van der Waals surface area contributed by atoms with E-state index in [1.165, 1.54) is 60.7 Å². The second-order valence-electron chi connectivity index (χ2n) is 6.78. The van der Waals surface area contributed by atoms with E-state index < -0.39 is 20.9 Å². The number of nitrogens with one attached hydrogen (secondary N) is 2. The fraction of sp³-hybridized carbons (Fsp3) is 0.0952. The molecule has 0 radical (unpaired) electrons. The van der Waals surface area contributed by atoms with Gasteiger partial charge in [-0.15, -0.1) is 0 Å². The maximum Gasteiger partial charge on any atom is 0.269 e. The zero-order valence-corrected chi connectivity index (χ0v) is 18.0. The maximum atomic E-state index is 12.6. The standard InChI is InChI=1S/C21H19N5O5S/c1-14-13-15(2)23-21(22-14)25-32(30,31)19-10-6-17(7-11-19)24-20(27)12-5-16-3-8-18(9-4-16)26(28)29/h3-13H,1-2H3,(H,24,27)(H,22,23,25)/b12-5+. The molecular formula is C21H19N5O5S. The van der Waals surface area contributed by atoms with Crippen molar-refractivity contribution in [3.05, 3.63) is 87.7 Å². The van der Waals surface area contributed by atoms with Crippen LogP contribution in [0.3, 0.4) is 0 Å². The number of hydrogen-bond donors (Lipinski definition) is 2. The Labute approximate surface area is 184 Å². The Morgan fingerprint density at radius 2 is 1.59 bits per heavy atom. The first-order chi connectivity index (χ1) is 15.1. The molecule has 0 aliphatic heterocycles. The van der Waals surface area contributed by atoms with Crippen LogP contribution in [0.4, 0.5) is 17.3 Å². The van der Waals surface area contributed by atoms with Crippen molar-refractivity contribution in [3.8, 4) is 0 Å². The van der Waals surface area contributed by atoms with Crippen molar-refractivity contribution < 1.29 is 18.1 Å². The van der Waals surface area contributed by atoms with E-state index in [1.54, 1.807) is 19.9 Å². The number of amides is 1. The van der Waals surface area contributed by atoms with E-state index in [2.05, 4.69) is 20.0 Å². The van der Waals surface area contributed by atoms with Crippen LogP contribution in [0.1, 0.15) is 17.0 Å². The number of rotatable bonds is 7. The molecule has 164 valence electrons. The summed E-state index contributed by atoms with van der Waals surface area (Å²) in [5.74, 6) is -0.461. The number of anilines is 2. The summed E-state index contributed by atoms with van der Waals surface area (Å²) in [6, 6.07) is 13.1. The Hall–Kier alpha value is -4.12. The minimum Gasteiger partial charge on any atom is -0.323 e. The maximum absolute atomic E-state index is 12.6. The van der Waals surface area contributed by atoms with Gasteiger partial charge in [-0.1, -0.05) is 0 Å². The molecule has 3 rings (SSSR count). The van der Waals surface area contributed by atoms with Crippen LogP contribution in [-0.4, -0.2) is 29.2 Å². The molecule has 32 heavy (non-hydrogen) atoms. The zero-order chi connectivity index (χ0) is 23.3. The minimum absolute atomic E-state index is 0.0142. The van der Waals surface area contributed by atoms with Crippen molar-refractivity contribution in [1.29, 1.82) is 0 Å². The SMILES string of the molecule is Cc1cc(C)nc(NS(=O)(=O)c2ccc(NC(=O)/C=C/c3ccc([N+](=O)[O-])cc3)cc2)n1. The summed E-state index contributed by atoms with van der Waals surface area (Å²) < 4.78 is 27.4. The molecular weight excluding hydrogens is 434 g/mol. The summed E-state index contributed by atoms with van der Waals surface area (Å²) in [4.78, 5) is 30.4. The van der Waals surface area contributed by atoms with Gasteiger partial charge in [0, 0.05) is 35.3 Å². The molecule has 1 amide bonds. The molecule has 0 spiro atoms. The van der Waals surface area contributed by atoms with E-state index in [9.17, 15) is 23.3 Å². The molecule has 0 bridgehead atoms. The number of aromatic nitrogens is 2. The first-order valence-electron chi connectivity index (χ1n) is 9.31. The Morgan fingerprint density at radius 3 is 2.16 bits per heavy atom. The van der Waals surface area contributed by atoms with Crippen LogP contribution >= 0.6 is 0 Å². The third-order valence-electron chi connectivity index (χ3n) is 4.17. The lowest BCUT2D eigenvalue weighted by atomic mass is 10.2. The van der Waals surface area contributed by atoms with E-state index >= 15 is 0 Å². The van der Waals surface area contributed by atoms with Crippen LogP contribution < -0.4 is 10.0 Å². The predicted octanol–water partition coefficient (Wildman–Crippen LogP) is 3.45. The van der Waals surface area contributed by atoms with Crippen LogP contribution in [-0.2, 0) is 14.8 Å². The van der Waals surface area contributed by atoms with Crippen LogP contribution in [0.15, 0.2) is 65.6 Å². The number of carbonyl (C=O) groups excluding carboxylic acids is 1. The number of nitro groups is 1. The van der Waals surface area contributed by atoms with Gasteiger partial charge in [-0.05, 0) is 68.0 Å². The Balaban J connectivity index is 1.64. The van der Waals surface area contributed by atoms with Gasteiger partial charge >= 0.3 is 0 Å². The molecule has 10 nitrogen and oxygen atoms in total. The highest BCUT2D eigenvalue weighted by atomic mass is 32.2. The summed E-state index contributed by atoms with van der Waals surface area (Å²) in [5.41, 5.74) is 2.24. The van der Waals surface area contributed by atoms with Crippen LogP contribution in [0, 0.1) is 24.0 Å². The van der Waals surface area contributed by atoms with E-state index in [0.29, 0.717) is 22.6 Å². The summed E-state index contributed by atoms with van der Waals surface area (Å²) in [6.45, 7) is 3.47. The van der Waals surface area contributed by atoms with Gasteiger partial charge in [0.15, 0.2) is 0 Å². The molecule has 0 saturated heterocycles. The van der Waals surface area contributed by atoms with Gasteiger partial charge in [-0.25, -0.2) is 23.1 Å². The predicted molar refractivity (Wildman–Crippen MR) is 120 cm³/mol. The zero-order valence-electron chi connectivity index (χ0n) is 17.1. The van der Waals surface area contributed by atoms with Gasteiger partial charge in [-0.3, -0.25) is 14.9 Å². The molecule has 0 unspecified atom stereocenters. The average Bonchev–Trinajstić information content (AvgIpc) is 2.72. The highest BCUT2D eigenvalue weighted by Crippen LogP contribution is 2.17. The third kappa shape index (κ3) is 5.95. The second-order valence-corrected chi connectivity index (χ2v) is 8.46. The highest BCUT2D eigenvalue weighted by molar-refractivity contribution is 7.92. The van der Waals surface area contributed by atoms with Crippen molar-refractivity contribution in [2.45, 2.75) is 18.7 Å². The van der Waals surface area contributed by atoms with E-state index in [4.69, 9.17) is 0 Å². The van der Waals surface area contributed by atoms with Gasteiger partial charge in [0.05, 0.1) is 9.82 Å². The average molecular weight is 453 g/mol. The van der Waals surface area contributed by atoms with Gasteiger partial charge < -0.3 is 5.32 Å². The van der Waals surface area contributed by atoms with Crippen molar-refractivity contribution in [1.82, 2.24) is 9.97 Å². The smallest absolute Gasteiger partial charge is 0.269 e. The number of benzene rings is 2. The monoisotopic (exact) mass is 453 g/mol. The lowest BCUT2D eigenvalue weighted by Gasteiger charge is -2.09. The fourth-order valence-corrected chi connectivity index (χ4v) is 3.67. The minimum atomic E-state index is -3.90. The Bertz CT molecular complexity index is 1270. The molecule has 0 atom stereocenters. The van der Waals surface area contributed by atoms with E-state index in [1.807, 2.05) is 0 Å². The lowest BCUT2D eigenvalue weighted by Crippen LogP contribution is -2.16. The van der Waals surface area contributed by atoms with Crippen LogP contribution in [0.2, 0.25) is 0 Å². The first kappa shape index (κ1) is 22.6. The van der Waals surface area contributed by atoms with E-state index in [0.717, 1.165) is 0 Å². The highest BCUT2D eigenvalue weighted by Gasteiger charge is 2.16. The number of aryl methyl sites for hydroxylation is 2. The summed E-state index contributed by atoms with van der Waals surface area (Å²) >= 11 is 0. The summed E-state index contributed by atoms with van der Waals surface area (Å²) in [6.07, 6.45) is 2.77. The van der Waals surface area contributed by atoms with Gasteiger partial charge in [0.2, 0.25) is 11.9 Å². The molecule has 2 N–H and O–H groups in total. The number of hydrogen-bond acceptors (Lipinski definition) is 7. The number of non-ortho nitro benzene ring substituents is 1. The largest absolute Gasteiger partial charge is 0.323 e. The number of nitrogens with zero attached hydrogens (tertiary/aromatic N) is 3. The quantitative estimate of drug-likeness (QED) is 0.317. The molecule has 0 aliphatic rings. The van der Waals surface area contributed by atoms with E-state index in [-0.39, 0.29) is 16.5 Å². The lowest BCUT2D eigenvalue weighted by molar-refractivity contribution is -0.384. The second kappa shape index (κ2) is 9.35. The molecule has 1 heterocycles. The molecule has 0 fully saturated rings. The first-order valence-corrected chi connectivity index (χ1v) is 10.8. The number of sulfonamides is 1. The molecule has 0 saturated carbocycles. The van der Waals surface area contributed by atoms with Gasteiger partial charge in [0.25, 0.3) is 15.7 Å². The van der Waals surface area contributed by atoms with Crippen molar-refractivity contribution >= 4 is 39.3 Å². The van der Waals surface area contributed by atoms with Crippen molar-refractivity contribution in [2.75, 3.05) is 10.0 Å². The van der Waals surface area contributed by atoms with Crippen LogP contribution in [0.5, 0.6) is 0 Å². The molecule has 1 aromatic heterocycles. The molecule has 3 aromatic rings. The molecule has 2 aromatic carbocycles. The molecule has 0 aliphatic carbocycles. The fourth-order valence-electron chi connectivity index (χ4n) is 2.73. The normalized spacial score (nSPS) is 11.3. The summed E-state index contributed by atoms with van der Waals surface area (Å²) in [5, 5.41) is 13.3. The summed E-state index contributed by atoms with van der Waals surface area (Å²) in [7, 11) is -3.90. The third-order valence-corrected chi connectivity index (χ3v) is 5.52. The van der Waals surface area contributed by atoms with Crippen molar-refractivity contribution in [2.24, 2.45) is 0 Å².